The molecule has 0 radical (unpaired) electrons. The van der Waals surface area contributed by atoms with Crippen LogP contribution in [0, 0.1) is 0 Å². The number of hydrogen-bond donors (Lipinski definition) is 0. The first-order valence-electron chi connectivity index (χ1n) is 4.82. The lowest BCUT2D eigenvalue weighted by atomic mass is 9.98. The fourth-order valence-electron chi connectivity index (χ4n) is 1.58. The Morgan fingerprint density at radius 3 is 2.00 bits per heavy atom. The van der Waals surface area contributed by atoms with E-state index in [0.29, 0.717) is 0 Å². The number of hydrogen-bond acceptors (Lipinski definition) is 0. The van der Waals surface area contributed by atoms with Gasteiger partial charge in [-0.25, -0.2) is 0 Å². The van der Waals surface area contributed by atoms with Gasteiger partial charge in [-0.05, 0) is 67.5 Å². The van der Waals surface area contributed by atoms with E-state index in [-0.39, 0.29) is 0 Å². The van der Waals surface area contributed by atoms with Crippen LogP contribution in [0.4, 0.5) is 0 Å². The van der Waals surface area contributed by atoms with E-state index in [1.807, 2.05) is 0 Å². The van der Waals surface area contributed by atoms with Gasteiger partial charge in [0.05, 0.1) is 3.39 Å². The molecule has 2 heteroatoms. The summed E-state index contributed by atoms with van der Waals surface area (Å²) in [7, 11) is 0. The van der Waals surface area contributed by atoms with Gasteiger partial charge >= 0.3 is 0 Å². The lowest BCUT2D eigenvalue weighted by Gasteiger charge is -2.08. The number of rotatable bonds is 3. The van der Waals surface area contributed by atoms with Crippen molar-refractivity contribution in [1.82, 2.24) is 0 Å². The van der Waals surface area contributed by atoms with Crippen LogP contribution in [-0.4, -0.2) is 0 Å². The molecule has 0 N–H and O–H groups in total. The Balaban J connectivity index is 3.26. The molecule has 0 saturated heterocycles. The van der Waals surface area contributed by atoms with Crippen molar-refractivity contribution < 1.29 is 0 Å². The van der Waals surface area contributed by atoms with Crippen LogP contribution >= 0.6 is 31.9 Å². The van der Waals surface area contributed by atoms with E-state index in [9.17, 15) is 0 Å². The highest BCUT2D eigenvalue weighted by Crippen LogP contribution is 2.24. The first-order valence-corrected chi connectivity index (χ1v) is 6.41. The molecule has 0 heterocycles. The van der Waals surface area contributed by atoms with Crippen LogP contribution in [0.15, 0.2) is 21.6 Å². The molecule has 0 nitrogen and oxygen atoms in total. The molecule has 1 aromatic rings. The zero-order valence-corrected chi connectivity index (χ0v) is 11.7. The van der Waals surface area contributed by atoms with Crippen LogP contribution in [-0.2, 0) is 12.8 Å². The predicted molar refractivity (Wildman–Crippen MR) is 71.0 cm³/mol. The maximum atomic E-state index is 3.42. The first kappa shape index (κ1) is 12.0. The SMILES string of the molecule is CCc1cccc(CC)c1C=C(Br)Br. The summed E-state index contributed by atoms with van der Waals surface area (Å²) in [5.41, 5.74) is 4.16. The third kappa shape index (κ3) is 2.96. The fraction of sp³-hybridized carbons (Fsp3) is 0.333. The number of benzene rings is 1. The predicted octanol–water partition coefficient (Wildman–Crippen LogP) is 4.90. The maximum absolute atomic E-state index is 3.42. The summed E-state index contributed by atoms with van der Waals surface area (Å²) in [4.78, 5) is 0. The molecule has 0 bridgehead atoms. The molecule has 14 heavy (non-hydrogen) atoms. The zero-order valence-electron chi connectivity index (χ0n) is 8.48. The molecule has 1 rings (SSSR count). The molecular formula is C12H14Br2. The van der Waals surface area contributed by atoms with Crippen molar-refractivity contribution in [3.05, 3.63) is 38.3 Å². The van der Waals surface area contributed by atoms with Crippen LogP contribution in [0.1, 0.15) is 30.5 Å². The average molecular weight is 318 g/mol. The van der Waals surface area contributed by atoms with Crippen molar-refractivity contribution in [2.75, 3.05) is 0 Å². The molecule has 0 spiro atoms. The third-order valence-corrected chi connectivity index (χ3v) is 2.76. The van der Waals surface area contributed by atoms with Crippen molar-refractivity contribution in [1.29, 1.82) is 0 Å². The molecule has 0 aliphatic rings. The minimum Gasteiger partial charge on any atom is -0.0617 e. The lowest BCUT2D eigenvalue weighted by Crippen LogP contribution is -1.92. The van der Waals surface area contributed by atoms with Gasteiger partial charge in [0.2, 0.25) is 0 Å². The molecule has 0 aliphatic heterocycles. The van der Waals surface area contributed by atoms with Crippen molar-refractivity contribution in [2.24, 2.45) is 0 Å². The van der Waals surface area contributed by atoms with E-state index in [0.717, 1.165) is 16.2 Å². The van der Waals surface area contributed by atoms with Gasteiger partial charge in [0.25, 0.3) is 0 Å². The van der Waals surface area contributed by atoms with E-state index in [2.05, 4.69) is 70.0 Å². The minimum absolute atomic E-state index is 1.00. The van der Waals surface area contributed by atoms with Crippen LogP contribution in [0.5, 0.6) is 0 Å². The molecular weight excluding hydrogens is 304 g/mol. The highest BCUT2D eigenvalue weighted by atomic mass is 79.9. The molecule has 76 valence electrons. The van der Waals surface area contributed by atoms with Gasteiger partial charge < -0.3 is 0 Å². The second-order valence-electron chi connectivity index (χ2n) is 3.13. The average Bonchev–Trinajstić information content (AvgIpc) is 2.17. The molecule has 0 aliphatic carbocycles. The highest BCUT2D eigenvalue weighted by molar-refractivity contribution is 9.28. The number of aryl methyl sites for hydroxylation is 2. The minimum atomic E-state index is 1.00. The Hall–Kier alpha value is -0.0800. The monoisotopic (exact) mass is 316 g/mol. The van der Waals surface area contributed by atoms with Crippen molar-refractivity contribution >= 4 is 37.9 Å². The first-order chi connectivity index (χ1) is 6.69. The van der Waals surface area contributed by atoms with Crippen molar-refractivity contribution in [3.8, 4) is 0 Å². The summed E-state index contributed by atoms with van der Waals surface area (Å²) >= 11 is 6.83. The Morgan fingerprint density at radius 1 is 1.14 bits per heavy atom. The van der Waals surface area contributed by atoms with Gasteiger partial charge in [0.15, 0.2) is 0 Å². The van der Waals surface area contributed by atoms with Gasteiger partial charge in [0, 0.05) is 0 Å². The Bertz CT molecular complexity index is 314. The van der Waals surface area contributed by atoms with Crippen molar-refractivity contribution in [2.45, 2.75) is 26.7 Å². The second-order valence-corrected chi connectivity index (χ2v) is 5.90. The maximum Gasteiger partial charge on any atom is 0.0610 e. The normalized spacial score (nSPS) is 10.0. The van der Waals surface area contributed by atoms with Crippen LogP contribution in [0.3, 0.4) is 0 Å². The Kier molecular flexibility index (Phi) is 4.90. The van der Waals surface area contributed by atoms with Crippen LogP contribution in [0.2, 0.25) is 0 Å². The molecule has 0 fully saturated rings. The standard InChI is InChI=1S/C12H14Br2/c1-3-9-6-5-7-10(4-2)11(9)8-12(13)14/h5-8H,3-4H2,1-2H3. The van der Waals surface area contributed by atoms with E-state index in [1.165, 1.54) is 16.7 Å². The third-order valence-electron chi connectivity index (χ3n) is 2.30. The molecule has 0 amide bonds. The van der Waals surface area contributed by atoms with Gasteiger partial charge in [-0.2, -0.15) is 0 Å². The van der Waals surface area contributed by atoms with E-state index >= 15 is 0 Å². The van der Waals surface area contributed by atoms with Crippen LogP contribution in [0.25, 0.3) is 6.08 Å². The zero-order chi connectivity index (χ0) is 10.6. The quantitative estimate of drug-likeness (QED) is 0.744. The summed E-state index contributed by atoms with van der Waals surface area (Å²) < 4.78 is 1.00. The summed E-state index contributed by atoms with van der Waals surface area (Å²) in [6, 6.07) is 6.51. The van der Waals surface area contributed by atoms with Crippen LogP contribution < -0.4 is 0 Å². The highest BCUT2D eigenvalue weighted by Gasteiger charge is 2.03. The second kappa shape index (κ2) is 5.72. The molecule has 0 atom stereocenters. The van der Waals surface area contributed by atoms with E-state index in [1.54, 1.807) is 0 Å². The van der Waals surface area contributed by atoms with Gasteiger partial charge in [-0.3, -0.25) is 0 Å². The van der Waals surface area contributed by atoms with Crippen molar-refractivity contribution in [3.63, 3.8) is 0 Å². The molecule has 0 saturated carbocycles. The number of halogens is 2. The fourth-order valence-corrected chi connectivity index (χ4v) is 2.04. The summed E-state index contributed by atoms with van der Waals surface area (Å²) in [6.45, 7) is 4.38. The summed E-state index contributed by atoms with van der Waals surface area (Å²) in [6.07, 6.45) is 4.29. The summed E-state index contributed by atoms with van der Waals surface area (Å²) in [5, 5.41) is 0. The largest absolute Gasteiger partial charge is 0.0617 e. The molecule has 0 aromatic heterocycles. The van der Waals surface area contributed by atoms with Gasteiger partial charge in [0.1, 0.15) is 0 Å². The molecule has 0 unspecified atom stereocenters. The van der Waals surface area contributed by atoms with Gasteiger partial charge in [-0.15, -0.1) is 0 Å². The Morgan fingerprint density at radius 2 is 1.64 bits per heavy atom. The lowest BCUT2D eigenvalue weighted by molar-refractivity contribution is 1.08. The topological polar surface area (TPSA) is 0 Å². The Labute approximate surface area is 103 Å². The van der Waals surface area contributed by atoms with E-state index in [4.69, 9.17) is 0 Å². The smallest absolute Gasteiger partial charge is 0.0610 e. The van der Waals surface area contributed by atoms with Gasteiger partial charge in [-0.1, -0.05) is 32.0 Å². The molecule has 1 aromatic carbocycles. The summed E-state index contributed by atoms with van der Waals surface area (Å²) in [5.74, 6) is 0. The van der Waals surface area contributed by atoms with E-state index < -0.39 is 0 Å².